The standard InChI is InChI=1S/C18H20N4O6S/c1-28-16-8-4-2-6-14(16)19-18(23)20-10-12-21(13-11-20)29(26,27)17-9-5-3-7-15(17)22(24)25/h2-9H,10-13H2,1H3,(H,19,23). The van der Waals surface area contributed by atoms with Crippen LogP contribution in [-0.4, -0.2) is 61.9 Å². The van der Waals surface area contributed by atoms with Gasteiger partial charge in [-0.05, 0) is 18.2 Å². The van der Waals surface area contributed by atoms with E-state index in [0.29, 0.717) is 11.4 Å². The summed E-state index contributed by atoms with van der Waals surface area (Å²) in [5.74, 6) is 0.512. The highest BCUT2D eigenvalue weighted by Gasteiger charge is 2.34. The zero-order chi connectivity index (χ0) is 21.0. The first-order valence-electron chi connectivity index (χ1n) is 8.77. The van der Waals surface area contributed by atoms with Gasteiger partial charge in [0.15, 0.2) is 4.90 Å². The summed E-state index contributed by atoms with van der Waals surface area (Å²) in [6.07, 6.45) is 0. The van der Waals surface area contributed by atoms with Crippen LogP contribution in [0, 0.1) is 10.1 Å². The number of benzene rings is 2. The number of hydrogen-bond acceptors (Lipinski definition) is 6. The van der Waals surface area contributed by atoms with Gasteiger partial charge < -0.3 is 15.0 Å². The predicted molar refractivity (Wildman–Crippen MR) is 105 cm³/mol. The lowest BCUT2D eigenvalue weighted by Gasteiger charge is -2.33. The zero-order valence-electron chi connectivity index (χ0n) is 15.6. The fraction of sp³-hybridized carbons (Fsp3) is 0.278. The summed E-state index contributed by atoms with van der Waals surface area (Å²) >= 11 is 0. The second-order valence-electron chi connectivity index (χ2n) is 6.25. The Labute approximate surface area is 167 Å². The van der Waals surface area contributed by atoms with E-state index >= 15 is 0 Å². The van der Waals surface area contributed by atoms with Gasteiger partial charge in [0.2, 0.25) is 10.0 Å². The van der Waals surface area contributed by atoms with Crippen molar-refractivity contribution in [3.05, 3.63) is 58.6 Å². The van der Waals surface area contributed by atoms with Gasteiger partial charge >= 0.3 is 6.03 Å². The molecule has 0 saturated carbocycles. The number of urea groups is 1. The number of sulfonamides is 1. The number of hydrogen-bond donors (Lipinski definition) is 1. The van der Waals surface area contributed by atoms with Crippen molar-refractivity contribution < 1.29 is 22.9 Å². The lowest BCUT2D eigenvalue weighted by atomic mass is 10.3. The minimum atomic E-state index is -4.04. The lowest BCUT2D eigenvalue weighted by Crippen LogP contribution is -2.51. The van der Waals surface area contributed by atoms with Crippen molar-refractivity contribution in [1.82, 2.24) is 9.21 Å². The molecule has 1 aliphatic heterocycles. The molecule has 1 N–H and O–H groups in total. The molecule has 0 unspecified atom stereocenters. The Kier molecular flexibility index (Phi) is 5.99. The molecule has 1 aliphatic rings. The van der Waals surface area contributed by atoms with Gasteiger partial charge in [-0.2, -0.15) is 4.31 Å². The van der Waals surface area contributed by atoms with Crippen LogP contribution < -0.4 is 10.1 Å². The third-order valence-corrected chi connectivity index (χ3v) is 6.50. The Hall–Kier alpha value is -3.18. The Bertz CT molecular complexity index is 1020. The lowest BCUT2D eigenvalue weighted by molar-refractivity contribution is -0.387. The highest BCUT2D eigenvalue weighted by atomic mass is 32.2. The summed E-state index contributed by atoms with van der Waals surface area (Å²) in [5, 5.41) is 13.9. The van der Waals surface area contributed by atoms with Crippen molar-refractivity contribution in [2.45, 2.75) is 4.90 Å². The summed E-state index contributed by atoms with van der Waals surface area (Å²) in [5.41, 5.74) is 0.0406. The Balaban J connectivity index is 1.69. The van der Waals surface area contributed by atoms with Gasteiger partial charge in [0, 0.05) is 32.2 Å². The number of amides is 2. The third kappa shape index (κ3) is 4.30. The minimum Gasteiger partial charge on any atom is -0.495 e. The monoisotopic (exact) mass is 420 g/mol. The van der Waals surface area contributed by atoms with Crippen molar-refractivity contribution in [1.29, 1.82) is 0 Å². The number of carbonyl (C=O) groups excluding carboxylic acids is 1. The smallest absolute Gasteiger partial charge is 0.322 e. The molecule has 2 aromatic carbocycles. The number of para-hydroxylation sites is 3. The molecule has 0 atom stereocenters. The molecule has 0 aliphatic carbocycles. The number of nitrogens with one attached hydrogen (secondary N) is 1. The minimum absolute atomic E-state index is 0.0354. The van der Waals surface area contributed by atoms with E-state index in [1.54, 1.807) is 24.3 Å². The van der Waals surface area contributed by atoms with E-state index in [1.165, 1.54) is 30.2 Å². The van der Waals surface area contributed by atoms with Crippen LogP contribution >= 0.6 is 0 Å². The molecule has 0 radical (unpaired) electrons. The highest BCUT2D eigenvalue weighted by molar-refractivity contribution is 7.89. The van der Waals surface area contributed by atoms with Crippen LogP contribution in [0.15, 0.2) is 53.4 Å². The topological polar surface area (TPSA) is 122 Å². The summed E-state index contributed by atoms with van der Waals surface area (Å²) in [7, 11) is -2.55. The number of nitro groups is 1. The highest BCUT2D eigenvalue weighted by Crippen LogP contribution is 2.27. The van der Waals surface area contributed by atoms with Gasteiger partial charge in [-0.15, -0.1) is 0 Å². The van der Waals surface area contributed by atoms with Crippen LogP contribution in [0.2, 0.25) is 0 Å². The summed E-state index contributed by atoms with van der Waals surface area (Å²) in [4.78, 5) is 24.1. The summed E-state index contributed by atoms with van der Waals surface area (Å²) < 4.78 is 32.1. The summed E-state index contributed by atoms with van der Waals surface area (Å²) in [6.45, 7) is 0.378. The van der Waals surface area contributed by atoms with Crippen LogP contribution in [0.1, 0.15) is 0 Å². The van der Waals surface area contributed by atoms with E-state index in [1.807, 2.05) is 0 Å². The van der Waals surface area contributed by atoms with Crippen molar-refractivity contribution in [2.24, 2.45) is 0 Å². The fourth-order valence-electron chi connectivity index (χ4n) is 3.04. The first kappa shape index (κ1) is 20.6. The van der Waals surface area contributed by atoms with E-state index in [9.17, 15) is 23.3 Å². The van der Waals surface area contributed by atoms with Gasteiger partial charge in [-0.1, -0.05) is 24.3 Å². The zero-order valence-corrected chi connectivity index (χ0v) is 16.5. The first-order chi connectivity index (χ1) is 13.8. The van der Waals surface area contributed by atoms with Crippen LogP contribution in [0.5, 0.6) is 5.75 Å². The van der Waals surface area contributed by atoms with E-state index in [-0.39, 0.29) is 37.1 Å². The number of nitro benzene ring substituents is 1. The summed E-state index contributed by atoms with van der Waals surface area (Å²) in [6, 6.07) is 11.8. The van der Waals surface area contributed by atoms with Gasteiger partial charge in [0.25, 0.3) is 5.69 Å². The van der Waals surface area contributed by atoms with E-state index in [4.69, 9.17) is 4.74 Å². The number of piperazine rings is 1. The number of carbonyl (C=O) groups is 1. The van der Waals surface area contributed by atoms with Crippen LogP contribution in [-0.2, 0) is 10.0 Å². The van der Waals surface area contributed by atoms with Gasteiger partial charge in [0.1, 0.15) is 5.75 Å². The molecule has 11 heteroatoms. The molecule has 0 spiro atoms. The first-order valence-corrected chi connectivity index (χ1v) is 10.2. The fourth-order valence-corrected chi connectivity index (χ4v) is 4.62. The van der Waals surface area contributed by atoms with Crippen molar-refractivity contribution in [2.75, 3.05) is 38.6 Å². The second-order valence-corrected chi connectivity index (χ2v) is 8.15. The Morgan fingerprint density at radius 3 is 2.34 bits per heavy atom. The van der Waals surface area contributed by atoms with Gasteiger partial charge in [0.05, 0.1) is 17.7 Å². The predicted octanol–water partition coefficient (Wildman–Crippen LogP) is 2.14. The maximum absolute atomic E-state index is 12.8. The molecule has 1 saturated heterocycles. The second kappa shape index (κ2) is 8.45. The number of anilines is 1. The number of rotatable bonds is 5. The number of methoxy groups -OCH3 is 1. The van der Waals surface area contributed by atoms with Crippen molar-refractivity contribution in [3.8, 4) is 5.75 Å². The average molecular weight is 420 g/mol. The van der Waals surface area contributed by atoms with Crippen molar-refractivity contribution in [3.63, 3.8) is 0 Å². The van der Waals surface area contributed by atoms with Crippen LogP contribution in [0.25, 0.3) is 0 Å². The number of nitrogens with zero attached hydrogens (tertiary/aromatic N) is 3. The number of ether oxygens (including phenoxy) is 1. The third-order valence-electron chi connectivity index (χ3n) is 4.55. The van der Waals surface area contributed by atoms with E-state index in [0.717, 1.165) is 10.4 Å². The molecule has 0 bridgehead atoms. The molecular formula is C18H20N4O6S. The SMILES string of the molecule is COc1ccccc1NC(=O)N1CCN(S(=O)(=O)c2ccccc2[N+](=O)[O-])CC1. The van der Waals surface area contributed by atoms with E-state index in [2.05, 4.69) is 5.32 Å². The van der Waals surface area contributed by atoms with Gasteiger partial charge in [-0.3, -0.25) is 10.1 Å². The molecular weight excluding hydrogens is 400 g/mol. The van der Waals surface area contributed by atoms with Crippen molar-refractivity contribution >= 4 is 27.4 Å². The molecule has 3 rings (SSSR count). The molecule has 0 aromatic heterocycles. The average Bonchev–Trinajstić information content (AvgIpc) is 2.74. The Morgan fingerprint density at radius 1 is 1.07 bits per heavy atom. The largest absolute Gasteiger partial charge is 0.495 e. The van der Waals surface area contributed by atoms with Crippen LogP contribution in [0.4, 0.5) is 16.2 Å². The maximum atomic E-state index is 12.8. The van der Waals surface area contributed by atoms with Crippen LogP contribution in [0.3, 0.4) is 0 Å². The molecule has 154 valence electrons. The molecule has 10 nitrogen and oxygen atoms in total. The maximum Gasteiger partial charge on any atom is 0.322 e. The normalized spacial score (nSPS) is 15.0. The molecule has 2 aromatic rings. The van der Waals surface area contributed by atoms with E-state index < -0.39 is 20.6 Å². The Morgan fingerprint density at radius 2 is 1.69 bits per heavy atom. The molecule has 2 amide bonds. The molecule has 29 heavy (non-hydrogen) atoms. The molecule has 1 heterocycles. The molecule has 1 fully saturated rings. The quantitative estimate of drug-likeness (QED) is 0.584. The van der Waals surface area contributed by atoms with Gasteiger partial charge in [-0.25, -0.2) is 13.2 Å².